The van der Waals surface area contributed by atoms with E-state index in [1.165, 1.54) is 15.6 Å². The molecule has 1 N–H and O–H groups in total. The Bertz CT molecular complexity index is 1740. The average Bonchev–Trinajstić information content (AvgIpc) is 3.65. The monoisotopic (exact) mass is 628 g/mol. The summed E-state index contributed by atoms with van der Waals surface area (Å²) < 4.78 is 77.4. The van der Waals surface area contributed by atoms with Crippen LogP contribution in [0.4, 0.5) is 17.6 Å². The van der Waals surface area contributed by atoms with Crippen LogP contribution in [0, 0.1) is 0 Å². The van der Waals surface area contributed by atoms with Gasteiger partial charge in [-0.05, 0) is 38.0 Å². The first-order chi connectivity index (χ1) is 21.5. The molecule has 0 spiro atoms. The number of benzene rings is 1. The third-order valence-electron chi connectivity index (χ3n) is 7.45. The fraction of sp³-hybridized carbons (Fsp3) is 0.387. The molecule has 2 aromatic heterocycles. The SMILES string of the molecule is Cn1cc(-c2c3cccn(Cc4ccccc4)c-3nc2-c2c(C(F)F)nn3c2OCC(OCCC(C)(C)O)C3)c(OC(F)F)n1. The number of aromatic nitrogens is 6. The van der Waals surface area contributed by atoms with Crippen LogP contribution < -0.4 is 9.47 Å². The molecular weight excluding hydrogens is 596 g/mol. The predicted molar refractivity (Wildman–Crippen MR) is 156 cm³/mol. The van der Waals surface area contributed by atoms with E-state index in [-0.39, 0.29) is 53.9 Å². The van der Waals surface area contributed by atoms with Gasteiger partial charge in [-0.3, -0.25) is 4.68 Å². The molecule has 0 saturated carbocycles. The molecule has 14 heteroatoms. The zero-order valence-electron chi connectivity index (χ0n) is 24.8. The summed E-state index contributed by atoms with van der Waals surface area (Å²) >= 11 is 0. The van der Waals surface area contributed by atoms with Gasteiger partial charge in [0.15, 0.2) is 0 Å². The summed E-state index contributed by atoms with van der Waals surface area (Å²) in [6, 6.07) is 13.1. The van der Waals surface area contributed by atoms with E-state index in [4.69, 9.17) is 19.2 Å². The van der Waals surface area contributed by atoms with Gasteiger partial charge >= 0.3 is 6.61 Å². The van der Waals surface area contributed by atoms with Gasteiger partial charge in [-0.25, -0.2) is 18.4 Å². The molecule has 0 radical (unpaired) electrons. The third-order valence-corrected chi connectivity index (χ3v) is 7.45. The first kappa shape index (κ1) is 30.6. The van der Waals surface area contributed by atoms with Gasteiger partial charge in [0.05, 0.1) is 29.0 Å². The fourth-order valence-electron chi connectivity index (χ4n) is 5.43. The van der Waals surface area contributed by atoms with Crippen molar-refractivity contribution in [2.45, 2.75) is 58.1 Å². The molecular formula is C31H32F4N6O4. The molecule has 3 aliphatic rings. The van der Waals surface area contributed by atoms with Crippen LogP contribution in [-0.4, -0.2) is 65.7 Å². The molecule has 10 nitrogen and oxygen atoms in total. The first-order valence-electron chi connectivity index (χ1n) is 14.4. The third kappa shape index (κ3) is 6.38. The number of aliphatic hydroxyl groups is 1. The summed E-state index contributed by atoms with van der Waals surface area (Å²) in [4.78, 5) is 4.86. The Labute approximate surface area is 256 Å². The van der Waals surface area contributed by atoms with Crippen LogP contribution in [0.25, 0.3) is 33.8 Å². The van der Waals surface area contributed by atoms with Gasteiger partial charge in [0.1, 0.15) is 24.2 Å². The summed E-state index contributed by atoms with van der Waals surface area (Å²) in [5.74, 6) is 0.121. The number of aryl methyl sites for hydroxylation is 1. The summed E-state index contributed by atoms with van der Waals surface area (Å²) in [5, 5.41) is 18.3. The molecule has 238 valence electrons. The van der Waals surface area contributed by atoms with Crippen LogP contribution in [-0.2, 0) is 24.9 Å². The Hall–Kier alpha value is -4.43. The normalized spacial score (nSPS) is 15.2. The molecule has 0 aliphatic carbocycles. The lowest BCUT2D eigenvalue weighted by molar-refractivity contribution is -0.0527. The molecule has 6 rings (SSSR count). The Morgan fingerprint density at radius 2 is 1.82 bits per heavy atom. The lowest BCUT2D eigenvalue weighted by atomic mass is 9.98. The molecule has 0 fully saturated rings. The van der Waals surface area contributed by atoms with Crippen LogP contribution in [0.15, 0.2) is 54.9 Å². The van der Waals surface area contributed by atoms with Crippen LogP contribution in [0.1, 0.15) is 38.0 Å². The molecule has 1 atom stereocenters. The van der Waals surface area contributed by atoms with Gasteiger partial charge in [-0.15, -0.1) is 5.10 Å². The minimum atomic E-state index is -3.17. The van der Waals surface area contributed by atoms with Crippen molar-refractivity contribution in [2.75, 3.05) is 13.2 Å². The van der Waals surface area contributed by atoms with Crippen molar-refractivity contribution in [2.24, 2.45) is 7.05 Å². The number of rotatable bonds is 11. The van der Waals surface area contributed by atoms with E-state index < -0.39 is 30.4 Å². The topological polar surface area (TPSA) is 101 Å². The van der Waals surface area contributed by atoms with Crippen LogP contribution in [0.5, 0.6) is 11.8 Å². The maximum absolute atomic E-state index is 14.7. The van der Waals surface area contributed by atoms with E-state index in [1.54, 1.807) is 33.0 Å². The first-order valence-corrected chi connectivity index (χ1v) is 14.4. The highest BCUT2D eigenvalue weighted by Crippen LogP contribution is 2.50. The zero-order valence-corrected chi connectivity index (χ0v) is 24.8. The Morgan fingerprint density at radius 3 is 2.53 bits per heavy atom. The Balaban J connectivity index is 1.50. The summed E-state index contributed by atoms with van der Waals surface area (Å²) in [7, 11) is 1.54. The maximum Gasteiger partial charge on any atom is 0.388 e. The van der Waals surface area contributed by atoms with Gasteiger partial charge in [-0.1, -0.05) is 30.3 Å². The van der Waals surface area contributed by atoms with Crippen molar-refractivity contribution < 1.29 is 36.9 Å². The molecule has 3 aromatic rings. The number of nitrogens with zero attached hydrogens (tertiary/aromatic N) is 6. The highest BCUT2D eigenvalue weighted by Gasteiger charge is 2.37. The predicted octanol–water partition coefficient (Wildman–Crippen LogP) is 5.78. The molecule has 0 amide bonds. The van der Waals surface area contributed by atoms with Crippen molar-refractivity contribution >= 4 is 0 Å². The Morgan fingerprint density at radius 1 is 1.04 bits per heavy atom. The standard InChI is InChI=1S/C31H32F4N6O4/c1-31(2,42)11-13-43-19-15-41-29(44-17-19)23(25(37-41)26(32)33)24-22(21-16-39(3)38-28(21)45-30(34)35)20-10-7-12-40(27(20)36-24)14-18-8-5-4-6-9-18/h4-10,12,16,19,26,30,42H,11,13-15,17H2,1-3H3. The van der Waals surface area contributed by atoms with E-state index in [0.717, 1.165) is 5.56 Å². The fourth-order valence-corrected chi connectivity index (χ4v) is 5.43. The van der Waals surface area contributed by atoms with Gasteiger partial charge < -0.3 is 23.9 Å². The van der Waals surface area contributed by atoms with E-state index in [9.17, 15) is 22.7 Å². The molecule has 1 unspecified atom stereocenters. The number of halogens is 4. The van der Waals surface area contributed by atoms with Gasteiger partial charge in [0, 0.05) is 43.7 Å². The van der Waals surface area contributed by atoms with Gasteiger partial charge in [0.25, 0.3) is 6.43 Å². The van der Waals surface area contributed by atoms with E-state index in [2.05, 4.69) is 10.2 Å². The van der Waals surface area contributed by atoms with Crippen LogP contribution in [0.3, 0.4) is 0 Å². The number of hydrogen-bond acceptors (Lipinski definition) is 7. The molecule has 0 saturated heterocycles. The lowest BCUT2D eigenvalue weighted by Crippen LogP contribution is -2.34. The van der Waals surface area contributed by atoms with Gasteiger partial charge in [0.2, 0.25) is 11.8 Å². The minimum absolute atomic E-state index is 0.0451. The summed E-state index contributed by atoms with van der Waals surface area (Å²) in [6.45, 7) is 0.974. The van der Waals surface area contributed by atoms with Crippen molar-refractivity contribution in [3.8, 4) is 45.5 Å². The maximum atomic E-state index is 14.7. The number of hydrogen-bond donors (Lipinski definition) is 1. The minimum Gasteiger partial charge on any atom is -0.474 e. The second-order valence-corrected chi connectivity index (χ2v) is 11.5. The zero-order chi connectivity index (χ0) is 31.9. The van der Waals surface area contributed by atoms with E-state index in [1.807, 2.05) is 41.1 Å². The summed E-state index contributed by atoms with van der Waals surface area (Å²) in [5.41, 5.74) is 0.436. The second kappa shape index (κ2) is 12.2. The van der Waals surface area contributed by atoms with Crippen molar-refractivity contribution in [3.63, 3.8) is 0 Å². The molecule has 45 heavy (non-hydrogen) atoms. The molecule has 1 aromatic carbocycles. The van der Waals surface area contributed by atoms with Crippen LogP contribution in [0.2, 0.25) is 0 Å². The van der Waals surface area contributed by atoms with Crippen molar-refractivity contribution in [3.05, 3.63) is 66.1 Å². The average molecular weight is 629 g/mol. The van der Waals surface area contributed by atoms with Crippen molar-refractivity contribution in [1.29, 1.82) is 0 Å². The smallest absolute Gasteiger partial charge is 0.388 e. The molecule has 5 heterocycles. The number of alkyl halides is 4. The number of fused-ring (bicyclic) bond motifs is 2. The Kier molecular flexibility index (Phi) is 8.27. The largest absolute Gasteiger partial charge is 0.474 e. The van der Waals surface area contributed by atoms with Crippen molar-refractivity contribution in [1.82, 2.24) is 29.1 Å². The quantitative estimate of drug-likeness (QED) is 0.185. The highest BCUT2D eigenvalue weighted by molar-refractivity contribution is 5.97. The number of ether oxygens (including phenoxy) is 3. The van der Waals surface area contributed by atoms with Gasteiger partial charge in [-0.2, -0.15) is 13.9 Å². The summed E-state index contributed by atoms with van der Waals surface area (Å²) in [6.07, 6.45) is 0.154. The second-order valence-electron chi connectivity index (χ2n) is 11.5. The molecule has 0 bridgehead atoms. The van der Waals surface area contributed by atoms with E-state index in [0.29, 0.717) is 24.4 Å². The number of pyridine rings is 1. The van der Waals surface area contributed by atoms with Crippen LogP contribution >= 0.6 is 0 Å². The highest BCUT2D eigenvalue weighted by atomic mass is 19.3. The van der Waals surface area contributed by atoms with E-state index >= 15 is 0 Å². The molecule has 3 aliphatic heterocycles. The lowest BCUT2D eigenvalue weighted by Gasteiger charge is -2.26.